The Hall–Kier alpha value is -1.62. The monoisotopic (exact) mass is 337 g/mol. The molecule has 2 aliphatic rings. The van der Waals surface area contributed by atoms with Crippen molar-refractivity contribution in [1.82, 2.24) is 0 Å². The van der Waals surface area contributed by atoms with Gasteiger partial charge in [-0.3, -0.25) is 0 Å². The van der Waals surface area contributed by atoms with Gasteiger partial charge in [-0.1, -0.05) is 19.8 Å². The number of ether oxygens (including phenoxy) is 1. The zero-order chi connectivity index (χ0) is 17.3. The Kier molecular flexibility index (Phi) is 4.81. The third-order valence-corrected chi connectivity index (χ3v) is 5.17. The van der Waals surface area contributed by atoms with Crippen molar-refractivity contribution in [2.24, 2.45) is 11.8 Å². The molecule has 1 aromatic rings. The molecule has 1 fully saturated rings. The van der Waals surface area contributed by atoms with Crippen molar-refractivity contribution >= 4 is 11.8 Å². The minimum absolute atomic E-state index is 0.218. The zero-order valence-electron chi connectivity index (χ0n) is 14.2. The fourth-order valence-corrected chi connectivity index (χ4v) is 3.39. The van der Waals surface area contributed by atoms with E-state index in [1.165, 1.54) is 12.5 Å². The third-order valence-electron chi connectivity index (χ3n) is 5.17. The van der Waals surface area contributed by atoms with E-state index in [2.05, 4.69) is 12.2 Å². The molecule has 0 saturated heterocycles. The third kappa shape index (κ3) is 3.72. The van der Waals surface area contributed by atoms with Gasteiger partial charge in [0.2, 0.25) is 0 Å². The van der Waals surface area contributed by atoms with Crippen LogP contribution in [0.5, 0.6) is 5.75 Å². The Bertz CT molecular complexity index is 630. The van der Waals surface area contributed by atoms with Crippen LogP contribution in [-0.4, -0.2) is 24.4 Å². The number of unbranched alkanes of at least 4 members (excludes halogenated alkanes) is 1. The molecule has 24 heavy (non-hydrogen) atoms. The van der Waals surface area contributed by atoms with E-state index in [-0.39, 0.29) is 12.0 Å². The molecule has 0 amide bonds. The second-order valence-corrected chi connectivity index (χ2v) is 7.02. The predicted molar refractivity (Wildman–Crippen MR) is 91.3 cm³/mol. The van der Waals surface area contributed by atoms with Crippen LogP contribution in [0, 0.1) is 11.8 Å². The summed E-state index contributed by atoms with van der Waals surface area (Å²) in [6.45, 7) is 2.21. The summed E-state index contributed by atoms with van der Waals surface area (Å²) in [5.41, 5.74) is 0.992. The molecule has 3 nitrogen and oxygen atoms in total. The molecular formula is C19H25F2NO2. The molecule has 3 atom stereocenters. The molecule has 2 N–H and O–H groups in total. The average Bonchev–Trinajstić information content (AvgIpc) is 3.25. The number of aliphatic hydroxyl groups is 1. The van der Waals surface area contributed by atoms with Crippen LogP contribution in [0.4, 0.5) is 14.5 Å². The van der Waals surface area contributed by atoms with Gasteiger partial charge in [0.15, 0.2) is 6.23 Å². The fraction of sp³-hybridized carbons (Fsp3) is 0.579. The van der Waals surface area contributed by atoms with E-state index in [4.69, 9.17) is 4.74 Å². The largest absolute Gasteiger partial charge is 0.497 e. The van der Waals surface area contributed by atoms with E-state index < -0.39 is 12.2 Å². The number of halogens is 2. The van der Waals surface area contributed by atoms with Crippen molar-refractivity contribution in [3.05, 3.63) is 29.3 Å². The Labute approximate surface area is 141 Å². The number of benzene rings is 1. The van der Waals surface area contributed by atoms with Crippen LogP contribution in [0.15, 0.2) is 23.8 Å². The van der Waals surface area contributed by atoms with Gasteiger partial charge in [0, 0.05) is 23.7 Å². The number of nitrogens with one attached hydrogen (secondary N) is 1. The molecule has 1 heterocycles. The van der Waals surface area contributed by atoms with Crippen LogP contribution in [0.25, 0.3) is 6.08 Å². The SMILES string of the molecule is COc1ccc2c(c1)NC(O)C(C(F)(F)CCCC[C@@H]1CC1C)=C2. The minimum Gasteiger partial charge on any atom is -0.497 e. The van der Waals surface area contributed by atoms with Crippen LogP contribution >= 0.6 is 0 Å². The molecule has 0 radical (unpaired) electrons. The topological polar surface area (TPSA) is 41.5 Å². The van der Waals surface area contributed by atoms with Gasteiger partial charge in [0.25, 0.3) is 5.92 Å². The van der Waals surface area contributed by atoms with Crippen LogP contribution in [0.2, 0.25) is 0 Å². The van der Waals surface area contributed by atoms with E-state index in [1.807, 2.05) is 0 Å². The quantitative estimate of drug-likeness (QED) is 0.710. The predicted octanol–water partition coefficient (Wildman–Crippen LogP) is 4.67. The first-order chi connectivity index (χ1) is 11.4. The van der Waals surface area contributed by atoms with Crippen LogP contribution in [-0.2, 0) is 0 Å². The number of fused-ring (bicyclic) bond motifs is 1. The van der Waals surface area contributed by atoms with Gasteiger partial charge in [-0.15, -0.1) is 0 Å². The summed E-state index contributed by atoms with van der Waals surface area (Å²) in [4.78, 5) is 0. The van der Waals surface area contributed by atoms with Gasteiger partial charge in [-0.05, 0) is 48.4 Å². The van der Waals surface area contributed by atoms with Crippen molar-refractivity contribution in [3.63, 3.8) is 0 Å². The van der Waals surface area contributed by atoms with E-state index in [0.29, 0.717) is 23.4 Å². The Morgan fingerprint density at radius 3 is 2.75 bits per heavy atom. The van der Waals surface area contributed by atoms with Gasteiger partial charge in [-0.2, -0.15) is 0 Å². The number of methoxy groups -OCH3 is 1. The molecule has 1 aromatic carbocycles. The molecule has 2 unspecified atom stereocenters. The highest BCUT2D eigenvalue weighted by molar-refractivity contribution is 5.74. The number of anilines is 1. The number of alkyl halides is 2. The van der Waals surface area contributed by atoms with Gasteiger partial charge in [0.1, 0.15) is 5.75 Å². The Morgan fingerprint density at radius 2 is 2.08 bits per heavy atom. The molecule has 0 bridgehead atoms. The molecule has 1 aliphatic heterocycles. The molecule has 132 valence electrons. The zero-order valence-corrected chi connectivity index (χ0v) is 14.2. The highest BCUT2D eigenvalue weighted by Crippen LogP contribution is 2.43. The van der Waals surface area contributed by atoms with Crippen molar-refractivity contribution in [2.45, 2.75) is 51.2 Å². The number of hydrogen-bond donors (Lipinski definition) is 2. The molecule has 5 heteroatoms. The molecule has 3 rings (SSSR count). The first-order valence-electron chi connectivity index (χ1n) is 8.63. The summed E-state index contributed by atoms with van der Waals surface area (Å²) in [6, 6.07) is 5.14. The molecule has 0 spiro atoms. The van der Waals surface area contributed by atoms with Crippen LogP contribution in [0.3, 0.4) is 0 Å². The lowest BCUT2D eigenvalue weighted by Gasteiger charge is -2.29. The summed E-state index contributed by atoms with van der Waals surface area (Å²) in [7, 11) is 1.54. The first-order valence-corrected chi connectivity index (χ1v) is 8.63. The second-order valence-electron chi connectivity index (χ2n) is 7.02. The van der Waals surface area contributed by atoms with Crippen molar-refractivity contribution < 1.29 is 18.6 Å². The lowest BCUT2D eigenvalue weighted by atomic mass is 9.94. The second kappa shape index (κ2) is 6.71. The van der Waals surface area contributed by atoms with Gasteiger partial charge < -0.3 is 15.2 Å². The van der Waals surface area contributed by atoms with Crippen molar-refractivity contribution in [1.29, 1.82) is 0 Å². The standard InChI is InChI=1S/C19H25F2NO2/c1-12-9-13(12)5-3-4-8-19(20,21)16-10-14-6-7-15(24-2)11-17(14)22-18(16)23/h6-7,10-13,18,22-23H,3-5,8-9H2,1-2H3/t12?,13-,18?/m1/s1. The summed E-state index contributed by atoms with van der Waals surface area (Å²) in [5.74, 6) is -0.877. The van der Waals surface area contributed by atoms with Gasteiger partial charge in [-0.25, -0.2) is 8.78 Å². The number of rotatable bonds is 7. The Morgan fingerprint density at radius 1 is 1.33 bits per heavy atom. The normalized spacial score (nSPS) is 25.5. The van der Waals surface area contributed by atoms with E-state index in [1.54, 1.807) is 25.3 Å². The summed E-state index contributed by atoms with van der Waals surface area (Å²) >= 11 is 0. The summed E-state index contributed by atoms with van der Waals surface area (Å²) in [5, 5.41) is 12.8. The summed E-state index contributed by atoms with van der Waals surface area (Å²) in [6.07, 6.45) is 3.40. The lowest BCUT2D eigenvalue weighted by Crippen LogP contribution is -2.35. The smallest absolute Gasteiger partial charge is 0.273 e. The van der Waals surface area contributed by atoms with Gasteiger partial charge >= 0.3 is 0 Å². The lowest BCUT2D eigenvalue weighted by molar-refractivity contribution is 0.00985. The minimum atomic E-state index is -3.00. The van der Waals surface area contributed by atoms with Crippen LogP contribution < -0.4 is 10.1 Å². The maximum atomic E-state index is 14.5. The molecule has 1 aliphatic carbocycles. The van der Waals surface area contributed by atoms with Gasteiger partial charge in [0.05, 0.1) is 7.11 Å². The Balaban J connectivity index is 1.65. The molecule has 1 saturated carbocycles. The maximum absolute atomic E-state index is 14.5. The van der Waals surface area contributed by atoms with Crippen molar-refractivity contribution in [2.75, 3.05) is 12.4 Å². The molecule has 0 aromatic heterocycles. The van der Waals surface area contributed by atoms with E-state index >= 15 is 0 Å². The number of hydrogen-bond acceptors (Lipinski definition) is 3. The van der Waals surface area contributed by atoms with E-state index in [9.17, 15) is 13.9 Å². The molecular weight excluding hydrogens is 312 g/mol. The fourth-order valence-electron chi connectivity index (χ4n) is 3.39. The highest BCUT2D eigenvalue weighted by atomic mass is 19.3. The number of aliphatic hydroxyl groups excluding tert-OH is 1. The summed E-state index contributed by atoms with van der Waals surface area (Å²) < 4.78 is 34.2. The first kappa shape index (κ1) is 17.2. The van der Waals surface area contributed by atoms with Crippen molar-refractivity contribution in [3.8, 4) is 5.75 Å². The highest BCUT2D eigenvalue weighted by Gasteiger charge is 2.40. The average molecular weight is 337 g/mol. The van der Waals surface area contributed by atoms with E-state index in [0.717, 1.165) is 24.7 Å². The van der Waals surface area contributed by atoms with Crippen LogP contribution in [0.1, 0.15) is 44.6 Å². The maximum Gasteiger partial charge on any atom is 0.273 e.